The third-order valence-electron chi connectivity index (χ3n) is 5.33. The largest absolute Gasteiger partial charge is 0.497 e. The Morgan fingerprint density at radius 2 is 2.03 bits per heavy atom. The number of aromatic amines is 1. The number of nitrogens with zero attached hydrogens (tertiary/aromatic N) is 4. The van der Waals surface area contributed by atoms with E-state index in [1.807, 2.05) is 43.0 Å². The van der Waals surface area contributed by atoms with Crippen molar-refractivity contribution in [3.05, 3.63) is 35.4 Å². The molecular formula is C21H26N6O3S. The molecule has 2 N–H and O–H groups in total. The molecule has 164 valence electrons. The number of amides is 1. The molecule has 9 nitrogen and oxygen atoms in total. The van der Waals surface area contributed by atoms with Crippen LogP contribution in [-0.2, 0) is 9.53 Å². The van der Waals surface area contributed by atoms with E-state index in [1.54, 1.807) is 11.7 Å². The quantitative estimate of drug-likeness (QED) is 0.448. The molecule has 1 fully saturated rings. The van der Waals surface area contributed by atoms with Crippen LogP contribution < -0.4 is 10.2 Å². The van der Waals surface area contributed by atoms with Crippen LogP contribution >= 0.6 is 11.8 Å². The van der Waals surface area contributed by atoms with E-state index in [0.29, 0.717) is 48.9 Å². The van der Waals surface area contributed by atoms with E-state index in [1.165, 1.54) is 11.8 Å². The summed E-state index contributed by atoms with van der Waals surface area (Å²) in [6, 6.07) is 7.46. The number of morpholine rings is 1. The SMILES string of the molecule is CCC(Sc1nc2n[nH]c(C)c2c(=N)n1-c1ccc(OC)cc1)C(=O)N1CCOCC1. The van der Waals surface area contributed by atoms with Gasteiger partial charge in [0.1, 0.15) is 11.2 Å². The fraction of sp³-hybridized carbons (Fsp3) is 0.429. The predicted octanol–water partition coefficient (Wildman–Crippen LogP) is 2.27. The molecule has 1 aliphatic heterocycles. The summed E-state index contributed by atoms with van der Waals surface area (Å²) in [5, 5.41) is 17.0. The number of ether oxygens (including phenoxy) is 2. The zero-order chi connectivity index (χ0) is 22.0. The van der Waals surface area contributed by atoms with Gasteiger partial charge in [-0.2, -0.15) is 5.10 Å². The second kappa shape index (κ2) is 9.11. The van der Waals surface area contributed by atoms with Crippen molar-refractivity contribution in [2.45, 2.75) is 30.7 Å². The number of H-pyrrole nitrogens is 1. The van der Waals surface area contributed by atoms with Crippen LogP contribution in [0.15, 0.2) is 29.4 Å². The normalized spacial score (nSPS) is 15.3. The fourth-order valence-electron chi connectivity index (χ4n) is 3.60. The Labute approximate surface area is 184 Å². The molecule has 1 atom stereocenters. The molecule has 0 radical (unpaired) electrons. The standard InChI is InChI=1S/C21H26N6O3S/c1-4-16(20(28)26-9-11-30-12-10-26)31-21-23-19-17(13(2)24-25-19)18(22)27(21)14-5-7-15(29-3)8-6-14/h5-8,16,22H,4,9-12H2,1-3H3,(H,24,25). The van der Waals surface area contributed by atoms with Gasteiger partial charge in [-0.05, 0) is 37.6 Å². The van der Waals surface area contributed by atoms with Crippen molar-refractivity contribution in [2.24, 2.45) is 0 Å². The van der Waals surface area contributed by atoms with Crippen molar-refractivity contribution in [3.8, 4) is 11.4 Å². The maximum Gasteiger partial charge on any atom is 0.236 e. The number of thioether (sulfide) groups is 1. The lowest BCUT2D eigenvalue weighted by Crippen LogP contribution is -2.44. The minimum atomic E-state index is -0.313. The molecule has 2 aromatic heterocycles. The minimum Gasteiger partial charge on any atom is -0.497 e. The number of hydrogen-bond acceptors (Lipinski definition) is 7. The van der Waals surface area contributed by atoms with Crippen LogP contribution in [0.25, 0.3) is 16.7 Å². The number of aryl methyl sites for hydroxylation is 1. The molecule has 0 saturated carbocycles. The number of nitrogens with one attached hydrogen (secondary N) is 2. The van der Waals surface area contributed by atoms with E-state index in [2.05, 4.69) is 10.2 Å². The van der Waals surface area contributed by atoms with E-state index >= 15 is 0 Å². The minimum absolute atomic E-state index is 0.0729. The van der Waals surface area contributed by atoms with Gasteiger partial charge >= 0.3 is 0 Å². The summed E-state index contributed by atoms with van der Waals surface area (Å²) in [5.41, 5.74) is 2.31. The van der Waals surface area contributed by atoms with Crippen LogP contribution in [0.5, 0.6) is 5.75 Å². The Morgan fingerprint density at radius 3 is 2.68 bits per heavy atom. The van der Waals surface area contributed by atoms with E-state index in [9.17, 15) is 4.79 Å². The molecule has 1 saturated heterocycles. The maximum absolute atomic E-state index is 13.1. The molecule has 1 aromatic carbocycles. The number of carbonyl (C=O) groups excluding carboxylic acids is 1. The monoisotopic (exact) mass is 442 g/mol. The second-order valence-corrected chi connectivity index (χ2v) is 8.45. The molecule has 10 heteroatoms. The Morgan fingerprint density at radius 1 is 1.32 bits per heavy atom. The number of carbonyl (C=O) groups is 1. The number of fused-ring (bicyclic) bond motifs is 1. The van der Waals surface area contributed by atoms with Crippen molar-refractivity contribution in [1.82, 2.24) is 24.6 Å². The van der Waals surface area contributed by atoms with Crippen LogP contribution in [0.3, 0.4) is 0 Å². The molecule has 0 aliphatic carbocycles. The van der Waals surface area contributed by atoms with Gasteiger partial charge in [-0.1, -0.05) is 18.7 Å². The molecular weight excluding hydrogens is 416 g/mol. The number of benzene rings is 1. The van der Waals surface area contributed by atoms with Gasteiger partial charge in [-0.15, -0.1) is 0 Å². The molecule has 3 aromatic rings. The van der Waals surface area contributed by atoms with Gasteiger partial charge in [0, 0.05) is 24.5 Å². The maximum atomic E-state index is 13.1. The van der Waals surface area contributed by atoms with E-state index in [-0.39, 0.29) is 16.6 Å². The fourth-order valence-corrected chi connectivity index (χ4v) is 4.71. The van der Waals surface area contributed by atoms with Crippen LogP contribution in [0.2, 0.25) is 0 Å². The Balaban J connectivity index is 1.78. The number of rotatable bonds is 6. The first-order valence-corrected chi connectivity index (χ1v) is 11.1. The first-order valence-electron chi connectivity index (χ1n) is 10.2. The summed E-state index contributed by atoms with van der Waals surface area (Å²) in [5.74, 6) is 0.802. The molecule has 31 heavy (non-hydrogen) atoms. The topological polar surface area (TPSA) is 109 Å². The van der Waals surface area contributed by atoms with Gasteiger partial charge in [0.15, 0.2) is 10.8 Å². The van der Waals surface area contributed by atoms with Gasteiger partial charge in [-0.25, -0.2) is 4.98 Å². The van der Waals surface area contributed by atoms with Crippen molar-refractivity contribution in [3.63, 3.8) is 0 Å². The van der Waals surface area contributed by atoms with E-state index in [4.69, 9.17) is 19.9 Å². The van der Waals surface area contributed by atoms with Crippen LogP contribution in [0.1, 0.15) is 19.0 Å². The summed E-state index contributed by atoms with van der Waals surface area (Å²) in [7, 11) is 1.62. The smallest absolute Gasteiger partial charge is 0.236 e. The van der Waals surface area contributed by atoms with Gasteiger partial charge in [0.2, 0.25) is 5.91 Å². The Bertz CT molecular complexity index is 1130. The number of aromatic nitrogens is 4. The lowest BCUT2D eigenvalue weighted by Gasteiger charge is -2.30. The van der Waals surface area contributed by atoms with Crippen LogP contribution in [-0.4, -0.2) is 69.2 Å². The molecule has 1 unspecified atom stereocenters. The van der Waals surface area contributed by atoms with Gasteiger partial charge < -0.3 is 14.4 Å². The molecule has 4 rings (SSSR count). The zero-order valence-electron chi connectivity index (χ0n) is 17.8. The highest BCUT2D eigenvalue weighted by molar-refractivity contribution is 8.00. The average molecular weight is 443 g/mol. The highest BCUT2D eigenvalue weighted by atomic mass is 32.2. The van der Waals surface area contributed by atoms with Crippen molar-refractivity contribution in [2.75, 3.05) is 33.4 Å². The summed E-state index contributed by atoms with van der Waals surface area (Å²) >= 11 is 1.37. The summed E-state index contributed by atoms with van der Waals surface area (Å²) in [6.45, 7) is 6.19. The first kappa shape index (κ1) is 21.4. The van der Waals surface area contributed by atoms with E-state index in [0.717, 1.165) is 17.1 Å². The molecule has 3 heterocycles. The predicted molar refractivity (Wildman–Crippen MR) is 118 cm³/mol. The van der Waals surface area contributed by atoms with Crippen LogP contribution in [0, 0.1) is 12.3 Å². The Kier molecular flexibility index (Phi) is 6.28. The third-order valence-corrected chi connectivity index (χ3v) is 6.63. The lowest BCUT2D eigenvalue weighted by molar-refractivity contribution is -0.134. The Hall–Kier alpha value is -2.85. The molecule has 0 spiro atoms. The van der Waals surface area contributed by atoms with Crippen molar-refractivity contribution >= 4 is 28.7 Å². The summed E-state index contributed by atoms with van der Waals surface area (Å²) < 4.78 is 12.4. The van der Waals surface area contributed by atoms with Gasteiger partial charge in [0.25, 0.3) is 0 Å². The molecule has 0 bridgehead atoms. The zero-order valence-corrected chi connectivity index (χ0v) is 18.7. The van der Waals surface area contributed by atoms with Crippen molar-refractivity contribution < 1.29 is 14.3 Å². The lowest BCUT2D eigenvalue weighted by atomic mass is 10.2. The molecule has 1 amide bonds. The number of methoxy groups -OCH3 is 1. The second-order valence-electron chi connectivity index (χ2n) is 7.28. The summed E-state index contributed by atoms with van der Waals surface area (Å²) in [4.78, 5) is 19.7. The highest BCUT2D eigenvalue weighted by Gasteiger charge is 2.28. The van der Waals surface area contributed by atoms with E-state index < -0.39 is 0 Å². The first-order chi connectivity index (χ1) is 15.0. The van der Waals surface area contributed by atoms with Gasteiger partial charge in [-0.3, -0.25) is 19.9 Å². The third kappa shape index (κ3) is 4.17. The van der Waals surface area contributed by atoms with Gasteiger partial charge in [0.05, 0.1) is 31.0 Å². The molecule has 1 aliphatic rings. The average Bonchev–Trinajstić information content (AvgIpc) is 3.18. The van der Waals surface area contributed by atoms with Crippen molar-refractivity contribution in [1.29, 1.82) is 5.41 Å². The summed E-state index contributed by atoms with van der Waals surface area (Å²) in [6.07, 6.45) is 0.649. The van der Waals surface area contributed by atoms with Crippen LogP contribution in [0.4, 0.5) is 0 Å². The highest BCUT2D eigenvalue weighted by Crippen LogP contribution is 2.29. The number of hydrogen-bond donors (Lipinski definition) is 2.